The quantitative estimate of drug-likeness (QED) is 0.174. The van der Waals surface area contributed by atoms with Crippen molar-refractivity contribution in [3.05, 3.63) is 93.9 Å². The van der Waals surface area contributed by atoms with Gasteiger partial charge < -0.3 is 44.7 Å². The van der Waals surface area contributed by atoms with E-state index in [1.807, 2.05) is 18.2 Å². The topological polar surface area (TPSA) is 209 Å². The van der Waals surface area contributed by atoms with Gasteiger partial charge in [0.2, 0.25) is 0 Å². The van der Waals surface area contributed by atoms with Gasteiger partial charge >= 0.3 is 11.8 Å². The van der Waals surface area contributed by atoms with Crippen molar-refractivity contribution >= 4 is 34.1 Å². The summed E-state index contributed by atoms with van der Waals surface area (Å²) in [5, 5.41) is 50.3. The van der Waals surface area contributed by atoms with Gasteiger partial charge in [-0.05, 0) is 31.9 Å². The molecule has 64 heavy (non-hydrogen) atoms. The fourth-order valence-electron chi connectivity index (χ4n) is 9.61. The summed E-state index contributed by atoms with van der Waals surface area (Å²) in [6, 6.07) is 10.1. The molecule has 4 aliphatic rings. The van der Waals surface area contributed by atoms with E-state index in [1.54, 1.807) is 65.8 Å². The van der Waals surface area contributed by atoms with Crippen LogP contribution in [0.1, 0.15) is 76.4 Å². The third-order valence-corrected chi connectivity index (χ3v) is 13.5. The monoisotopic (exact) mass is 880 g/mol. The maximum atomic E-state index is 14.9. The molecule has 1 amide bonds. The van der Waals surface area contributed by atoms with E-state index in [-0.39, 0.29) is 61.9 Å². The number of nitrogens with one attached hydrogen (secondary N) is 1. The minimum absolute atomic E-state index is 0.0243. The van der Waals surface area contributed by atoms with Crippen molar-refractivity contribution in [3.8, 4) is 17.2 Å². The second-order valence-corrected chi connectivity index (χ2v) is 18.2. The number of phenolic OH excluding ortho intramolecular Hbond substituents is 2. The highest BCUT2D eigenvalue weighted by Gasteiger charge is 2.50. The molecule has 342 valence electrons. The minimum Gasteiger partial charge on any atom is -0.507 e. The first-order valence-electron chi connectivity index (χ1n) is 21.9. The summed E-state index contributed by atoms with van der Waals surface area (Å²) in [5.41, 5.74) is 0.755. The van der Waals surface area contributed by atoms with Crippen LogP contribution in [0.3, 0.4) is 0 Å². The maximum Gasteiger partial charge on any atom is 0.312 e. The Balaban J connectivity index is 1.40. The maximum absolute atomic E-state index is 14.9. The summed E-state index contributed by atoms with van der Waals surface area (Å²) in [6.07, 6.45) is 4.55. The van der Waals surface area contributed by atoms with Gasteiger partial charge in [0.25, 0.3) is 11.7 Å². The molecule has 4 heterocycles. The molecule has 10 atom stereocenters. The number of allylic oxidation sites excluding steroid dienone is 2. The number of benzene rings is 3. The van der Waals surface area contributed by atoms with Crippen molar-refractivity contribution in [2.45, 2.75) is 104 Å². The molecule has 0 radical (unpaired) electrons. The van der Waals surface area contributed by atoms with Crippen molar-refractivity contribution in [1.82, 2.24) is 4.90 Å². The summed E-state index contributed by atoms with van der Waals surface area (Å²) in [6.45, 7) is 15.1. The molecule has 4 bridgehead atoms. The number of esters is 1. The average Bonchev–Trinajstić information content (AvgIpc) is 3.78. The van der Waals surface area contributed by atoms with Crippen molar-refractivity contribution < 1.29 is 53.8 Å². The number of ether oxygens (including phenoxy) is 4. The van der Waals surface area contributed by atoms with Crippen molar-refractivity contribution in [1.29, 1.82) is 0 Å². The van der Waals surface area contributed by atoms with Crippen LogP contribution in [0.5, 0.6) is 17.2 Å². The summed E-state index contributed by atoms with van der Waals surface area (Å²) < 4.78 is 24.1. The molecule has 4 aliphatic heterocycles. The molecule has 0 aliphatic carbocycles. The molecule has 1 saturated heterocycles. The Kier molecular flexibility index (Phi) is 13.1. The molecule has 3 aromatic rings. The Morgan fingerprint density at radius 1 is 0.969 bits per heavy atom. The minimum atomic E-state index is -1.98. The number of aliphatic hydroxyl groups excluding tert-OH is 2. The summed E-state index contributed by atoms with van der Waals surface area (Å²) in [4.78, 5) is 53.9. The predicted molar refractivity (Wildman–Crippen MR) is 238 cm³/mol. The SMILES string of the molecule is CO[C@H]1/C=C/O[C@@]2(C)Oc3c(C)c(O)c4c(O)c(c5c(c4c3C2=O)=NC2(CCN(Cc3ccccc3)C2)CN=5)NC(=O)/C(C)=C/C=C/[C@H](C)[C@@H](O)[C@H](C)[C@H](O)[C@@H](C)[C@H](OC(C)=O)C1C. The molecule has 3 aromatic carbocycles. The number of methoxy groups -OCH3 is 1. The van der Waals surface area contributed by atoms with Crippen LogP contribution in [0.2, 0.25) is 0 Å². The molecule has 2 unspecified atom stereocenters. The van der Waals surface area contributed by atoms with E-state index in [1.165, 1.54) is 27.2 Å². The largest absolute Gasteiger partial charge is 0.507 e. The van der Waals surface area contributed by atoms with Crippen LogP contribution in [0.15, 0.2) is 76.5 Å². The molecule has 5 N–H and O–H groups in total. The average molecular weight is 881 g/mol. The third-order valence-electron chi connectivity index (χ3n) is 13.5. The Bertz CT molecular complexity index is 2560. The van der Waals surface area contributed by atoms with Crippen LogP contribution in [-0.2, 0) is 30.3 Å². The zero-order chi connectivity index (χ0) is 46.4. The zero-order valence-corrected chi connectivity index (χ0v) is 37.9. The van der Waals surface area contributed by atoms with Gasteiger partial charge in [0.1, 0.15) is 28.6 Å². The number of amides is 1. The Morgan fingerprint density at radius 2 is 1.69 bits per heavy atom. The van der Waals surface area contributed by atoms with Crippen molar-refractivity contribution in [3.63, 3.8) is 0 Å². The number of carbonyl (C=O) groups excluding carboxylic acids is 3. The molecule has 1 fully saturated rings. The molecular formula is C49H60N4O11. The molecule has 15 heteroatoms. The predicted octanol–water partition coefficient (Wildman–Crippen LogP) is 4.95. The lowest BCUT2D eigenvalue weighted by molar-refractivity contribution is -0.160. The Morgan fingerprint density at radius 3 is 2.38 bits per heavy atom. The molecular weight excluding hydrogens is 821 g/mol. The lowest BCUT2D eigenvalue weighted by Crippen LogP contribution is -2.46. The van der Waals surface area contributed by atoms with Gasteiger partial charge in [-0.3, -0.25) is 29.3 Å². The molecule has 1 spiro atoms. The van der Waals surface area contributed by atoms with E-state index in [2.05, 4.69) is 22.3 Å². The number of phenols is 2. The number of carbonyl (C=O) groups is 3. The number of hydrogen-bond acceptors (Lipinski definition) is 14. The van der Waals surface area contributed by atoms with Gasteiger partial charge in [-0.1, -0.05) is 76.3 Å². The number of aromatic hydroxyl groups is 2. The smallest absolute Gasteiger partial charge is 0.312 e. The standard InChI is InChI=1S/C49H60N4O11/c1-25-14-13-15-26(2)47(60)51-39-38-37(52-49(23-50-38)19-20-53(24-49)22-32-16-11-10-12-17-32)34-35(43(39)58)42(57)30(6)45-36(34)46(59)48(8,64-45)62-21-18-33(61-9)27(3)44(63-31(7)54)29(5)41(56)28(4)40(25)55/h10-18,21,25,27-29,33,40-41,44,55-58H,19-20,22-24H2,1-9H3,(H,51,60)/b14-13+,21-18+,26-15+/t25-,27?,28-,29+,33-,40+,41-,44+,48-,49?/m0/s1. The number of likely N-dealkylation sites (tertiary alicyclic amines) is 1. The van der Waals surface area contributed by atoms with E-state index in [0.717, 1.165) is 12.1 Å². The second kappa shape index (κ2) is 18.1. The number of fused-ring (bicyclic) bond motifs is 1. The third kappa shape index (κ3) is 8.53. The van der Waals surface area contributed by atoms with E-state index in [4.69, 9.17) is 28.9 Å². The lowest BCUT2D eigenvalue weighted by Gasteiger charge is -2.38. The van der Waals surface area contributed by atoms with Crippen LogP contribution in [0.25, 0.3) is 10.8 Å². The van der Waals surface area contributed by atoms with E-state index >= 15 is 0 Å². The highest BCUT2D eigenvalue weighted by atomic mass is 16.7. The van der Waals surface area contributed by atoms with Gasteiger partial charge in [0.15, 0.2) is 5.75 Å². The fourth-order valence-corrected chi connectivity index (χ4v) is 9.61. The molecule has 15 nitrogen and oxygen atoms in total. The van der Waals surface area contributed by atoms with Gasteiger partial charge in [0, 0.05) is 80.8 Å². The van der Waals surface area contributed by atoms with Gasteiger partial charge in [0.05, 0.1) is 53.0 Å². The van der Waals surface area contributed by atoms with E-state index in [0.29, 0.717) is 19.5 Å². The normalized spacial score (nSPS) is 33.0. The number of aliphatic hydroxyl groups is 2. The van der Waals surface area contributed by atoms with Crippen molar-refractivity contribution in [2.24, 2.45) is 33.7 Å². The van der Waals surface area contributed by atoms with Crippen LogP contribution < -0.4 is 20.8 Å². The first-order chi connectivity index (χ1) is 30.3. The summed E-state index contributed by atoms with van der Waals surface area (Å²) in [5.74, 6) is -7.01. The summed E-state index contributed by atoms with van der Waals surface area (Å²) >= 11 is 0. The number of nitrogens with zero attached hydrogens (tertiary/aromatic N) is 3. The van der Waals surface area contributed by atoms with Gasteiger partial charge in [-0.15, -0.1) is 0 Å². The van der Waals surface area contributed by atoms with Crippen molar-refractivity contribution in [2.75, 3.05) is 32.1 Å². The number of anilines is 1. The summed E-state index contributed by atoms with van der Waals surface area (Å²) in [7, 11) is 1.47. The lowest BCUT2D eigenvalue weighted by atomic mass is 9.78. The second-order valence-electron chi connectivity index (χ2n) is 18.2. The number of ketones is 1. The van der Waals surface area contributed by atoms with Crippen LogP contribution in [0.4, 0.5) is 5.69 Å². The number of rotatable bonds is 4. The first-order valence-corrected chi connectivity index (χ1v) is 21.9. The molecule has 7 rings (SSSR count). The highest BCUT2D eigenvalue weighted by Crippen LogP contribution is 2.49. The highest BCUT2D eigenvalue weighted by molar-refractivity contribution is 6.19. The number of hydrogen-bond donors (Lipinski definition) is 5. The van der Waals surface area contributed by atoms with Crippen LogP contribution in [-0.4, -0.2) is 105 Å². The fraction of sp³-hybridized carbons (Fsp3) is 0.490. The van der Waals surface area contributed by atoms with Gasteiger partial charge in [-0.2, -0.15) is 0 Å². The van der Waals surface area contributed by atoms with E-state index < -0.39 is 82.8 Å². The number of Topliss-reactive ketones (excluding diaryl/α,β-unsaturated/α-hetero) is 1. The molecule has 0 aromatic heterocycles. The van der Waals surface area contributed by atoms with Crippen LogP contribution >= 0.6 is 0 Å². The Hall–Kier alpha value is -5.61. The Labute approximate surface area is 372 Å². The van der Waals surface area contributed by atoms with Crippen LogP contribution in [0, 0.1) is 30.6 Å². The van der Waals surface area contributed by atoms with E-state index in [9.17, 15) is 34.8 Å². The molecule has 0 saturated carbocycles. The zero-order valence-electron chi connectivity index (χ0n) is 37.9. The van der Waals surface area contributed by atoms with Gasteiger partial charge in [-0.25, -0.2) is 0 Å². The first kappa shape index (κ1) is 46.4.